The molecule has 2 rings (SSSR count). The molecule has 10 heteroatoms. The third kappa shape index (κ3) is 4.48. The van der Waals surface area contributed by atoms with Crippen molar-refractivity contribution in [2.75, 3.05) is 17.8 Å². The van der Waals surface area contributed by atoms with Crippen molar-refractivity contribution in [3.63, 3.8) is 0 Å². The minimum Gasteiger partial charge on any atom is -0.317 e. The van der Waals surface area contributed by atoms with Gasteiger partial charge in [0.15, 0.2) is 0 Å². The smallest absolute Gasteiger partial charge is 0.266 e. The first-order chi connectivity index (χ1) is 10.0. The van der Waals surface area contributed by atoms with Crippen molar-refractivity contribution in [2.45, 2.75) is 31.7 Å². The number of nitrogens with one attached hydrogen (secondary N) is 2. The van der Waals surface area contributed by atoms with E-state index in [1.165, 1.54) is 23.7 Å². The second-order valence-electron chi connectivity index (χ2n) is 4.38. The molecule has 2 heterocycles. The van der Waals surface area contributed by atoms with Crippen molar-refractivity contribution in [3.05, 3.63) is 17.4 Å². The molecule has 8 nitrogen and oxygen atoms in total. The van der Waals surface area contributed by atoms with Gasteiger partial charge >= 0.3 is 0 Å². The zero-order chi connectivity index (χ0) is 15.3. The first-order valence-electron chi connectivity index (χ1n) is 6.57. The number of hydrogen-bond donors (Lipinski definition) is 2. The summed E-state index contributed by atoms with van der Waals surface area (Å²) in [6.45, 7) is 6.27. The highest BCUT2D eigenvalue weighted by Crippen LogP contribution is 2.18. The van der Waals surface area contributed by atoms with Crippen molar-refractivity contribution in [1.82, 2.24) is 25.3 Å². The van der Waals surface area contributed by atoms with Gasteiger partial charge in [0.05, 0.1) is 6.20 Å². The molecule has 21 heavy (non-hydrogen) atoms. The molecule has 0 fully saturated rings. The first kappa shape index (κ1) is 15.9. The largest absolute Gasteiger partial charge is 0.317 e. The fraction of sp³-hybridized carbons (Fsp3) is 0.545. The monoisotopic (exact) mass is 330 g/mol. The summed E-state index contributed by atoms with van der Waals surface area (Å²) >= 11 is 1.19. The fourth-order valence-corrected chi connectivity index (χ4v) is 3.43. The molecule has 2 aromatic rings. The molecule has 0 aromatic carbocycles. The van der Waals surface area contributed by atoms with Crippen LogP contribution in [0.15, 0.2) is 17.3 Å². The Bertz CT molecular complexity index is 678. The molecule has 0 unspecified atom stereocenters. The number of rotatable bonds is 8. The zero-order valence-electron chi connectivity index (χ0n) is 11.9. The predicted octanol–water partition coefficient (Wildman–Crippen LogP) is 0.843. The minimum absolute atomic E-state index is 0.124. The lowest BCUT2D eigenvalue weighted by Crippen LogP contribution is -2.16. The number of aromatic nitrogens is 4. The van der Waals surface area contributed by atoms with E-state index < -0.39 is 10.0 Å². The minimum atomic E-state index is -3.66. The summed E-state index contributed by atoms with van der Waals surface area (Å²) in [7, 11) is -3.66. The maximum Gasteiger partial charge on any atom is 0.266 e. The lowest BCUT2D eigenvalue weighted by atomic mass is 10.4. The van der Waals surface area contributed by atoms with Crippen molar-refractivity contribution in [1.29, 1.82) is 0 Å². The second kappa shape index (κ2) is 6.96. The Labute approximate surface area is 127 Å². The highest BCUT2D eigenvalue weighted by molar-refractivity contribution is 7.93. The van der Waals surface area contributed by atoms with Gasteiger partial charge in [-0.15, -0.1) is 10.2 Å². The van der Waals surface area contributed by atoms with E-state index in [1.807, 2.05) is 6.92 Å². The van der Waals surface area contributed by atoms with Gasteiger partial charge in [0, 0.05) is 12.7 Å². The van der Waals surface area contributed by atoms with Gasteiger partial charge in [0.1, 0.15) is 9.90 Å². The average Bonchev–Trinajstić information content (AvgIpc) is 3.04. The zero-order valence-corrected chi connectivity index (χ0v) is 13.5. The molecule has 0 atom stereocenters. The van der Waals surface area contributed by atoms with E-state index in [0.29, 0.717) is 11.6 Å². The highest BCUT2D eigenvalue weighted by Gasteiger charge is 2.18. The summed E-state index contributed by atoms with van der Waals surface area (Å²) in [6, 6.07) is 0. The van der Waals surface area contributed by atoms with E-state index in [1.54, 1.807) is 11.6 Å². The van der Waals surface area contributed by atoms with E-state index in [9.17, 15) is 8.42 Å². The quantitative estimate of drug-likeness (QED) is 0.696. The molecule has 0 aliphatic rings. The molecule has 0 saturated heterocycles. The van der Waals surface area contributed by atoms with E-state index in [2.05, 4.69) is 25.3 Å². The van der Waals surface area contributed by atoms with Gasteiger partial charge in [-0.25, -0.2) is 8.42 Å². The molecular weight excluding hydrogens is 312 g/mol. The van der Waals surface area contributed by atoms with Crippen LogP contribution in [0.1, 0.15) is 18.4 Å². The Kier molecular flexibility index (Phi) is 5.26. The summed E-state index contributed by atoms with van der Waals surface area (Å²) in [6.07, 6.45) is 3.74. The van der Waals surface area contributed by atoms with E-state index in [-0.39, 0.29) is 10.0 Å². The molecular formula is C11H18N6O2S2. The molecule has 0 bridgehead atoms. The topological polar surface area (TPSA) is 102 Å². The van der Waals surface area contributed by atoms with Crippen LogP contribution in [0.4, 0.5) is 5.13 Å². The maximum absolute atomic E-state index is 12.2. The van der Waals surface area contributed by atoms with Crippen LogP contribution in [-0.4, -0.2) is 41.5 Å². The molecule has 0 aliphatic carbocycles. The molecule has 0 saturated carbocycles. The van der Waals surface area contributed by atoms with Crippen molar-refractivity contribution in [2.24, 2.45) is 0 Å². The van der Waals surface area contributed by atoms with Crippen molar-refractivity contribution >= 4 is 26.5 Å². The number of aryl methyl sites for hydroxylation is 2. The van der Waals surface area contributed by atoms with Crippen molar-refractivity contribution in [3.8, 4) is 0 Å². The predicted molar refractivity (Wildman–Crippen MR) is 80.8 cm³/mol. The summed E-state index contributed by atoms with van der Waals surface area (Å²) < 4.78 is 28.3. The number of sulfonamides is 1. The van der Waals surface area contributed by atoms with Gasteiger partial charge in [-0.1, -0.05) is 18.3 Å². The molecule has 0 spiro atoms. The molecule has 0 amide bonds. The SMILES string of the molecule is CCNCCCn1cc(S(=O)(=O)Nc2nnc(C)s2)cn1. The Hall–Kier alpha value is -1.52. The van der Waals surface area contributed by atoms with Crippen LogP contribution in [-0.2, 0) is 16.6 Å². The molecule has 116 valence electrons. The lowest BCUT2D eigenvalue weighted by molar-refractivity contribution is 0.549. The Morgan fingerprint density at radius 3 is 2.86 bits per heavy atom. The van der Waals surface area contributed by atoms with Crippen LogP contribution in [0, 0.1) is 6.92 Å². The van der Waals surface area contributed by atoms with Gasteiger partial charge < -0.3 is 5.32 Å². The van der Waals surface area contributed by atoms with E-state index in [0.717, 1.165) is 19.5 Å². The van der Waals surface area contributed by atoms with Crippen LogP contribution in [0.25, 0.3) is 0 Å². The summed E-state index contributed by atoms with van der Waals surface area (Å²) in [5.74, 6) is 0. The fourth-order valence-electron chi connectivity index (χ4n) is 1.66. The third-order valence-corrected chi connectivity index (χ3v) is 4.84. The van der Waals surface area contributed by atoms with E-state index in [4.69, 9.17) is 0 Å². The summed E-state index contributed by atoms with van der Waals surface area (Å²) in [4.78, 5) is 0.124. The Morgan fingerprint density at radius 1 is 1.38 bits per heavy atom. The molecule has 2 aromatic heterocycles. The van der Waals surface area contributed by atoms with Crippen LogP contribution in [0.2, 0.25) is 0 Å². The molecule has 0 radical (unpaired) electrons. The number of hydrogen-bond acceptors (Lipinski definition) is 7. The summed E-state index contributed by atoms with van der Waals surface area (Å²) in [5.41, 5.74) is 0. The highest BCUT2D eigenvalue weighted by atomic mass is 32.2. The first-order valence-corrected chi connectivity index (χ1v) is 8.87. The molecule has 2 N–H and O–H groups in total. The second-order valence-corrected chi connectivity index (χ2v) is 7.24. The lowest BCUT2D eigenvalue weighted by Gasteiger charge is -2.02. The van der Waals surface area contributed by atoms with E-state index >= 15 is 0 Å². The van der Waals surface area contributed by atoms with Gasteiger partial charge in [0.25, 0.3) is 10.0 Å². The maximum atomic E-state index is 12.2. The van der Waals surface area contributed by atoms with Crippen LogP contribution >= 0.6 is 11.3 Å². The molecule has 0 aliphatic heterocycles. The van der Waals surface area contributed by atoms with Crippen molar-refractivity contribution < 1.29 is 8.42 Å². The van der Waals surface area contributed by atoms with Gasteiger partial charge in [-0.2, -0.15) is 5.10 Å². The standard InChI is InChI=1S/C11H18N6O2S2/c1-3-12-5-4-6-17-8-10(7-13-17)21(18,19)16-11-15-14-9(2)20-11/h7-8,12H,3-6H2,1-2H3,(H,15,16). The average molecular weight is 330 g/mol. The van der Waals surface area contributed by atoms with Crippen LogP contribution in [0.5, 0.6) is 0 Å². The number of nitrogens with zero attached hydrogens (tertiary/aromatic N) is 4. The van der Waals surface area contributed by atoms with Gasteiger partial charge in [-0.05, 0) is 26.4 Å². The van der Waals surface area contributed by atoms with Crippen LogP contribution in [0.3, 0.4) is 0 Å². The summed E-state index contributed by atoms with van der Waals surface area (Å²) in [5, 5.41) is 15.7. The normalized spacial score (nSPS) is 11.7. The Morgan fingerprint density at radius 2 is 2.19 bits per heavy atom. The van der Waals surface area contributed by atoms with Gasteiger partial charge in [0.2, 0.25) is 5.13 Å². The Balaban J connectivity index is 1.98. The third-order valence-electron chi connectivity index (χ3n) is 2.66. The van der Waals surface area contributed by atoms with Crippen LogP contribution < -0.4 is 10.0 Å². The van der Waals surface area contributed by atoms with Gasteiger partial charge in [-0.3, -0.25) is 9.40 Å². The number of anilines is 1.